The SMILES string of the molecule is CNCCCN(C)C(C)c1cc(C)ccc1O. The van der Waals surface area contributed by atoms with Crippen LogP contribution >= 0.6 is 0 Å². The van der Waals surface area contributed by atoms with Gasteiger partial charge in [-0.05, 0) is 53.5 Å². The van der Waals surface area contributed by atoms with E-state index < -0.39 is 0 Å². The standard InChI is InChI=1S/C14H24N2O/c1-11-6-7-14(17)13(10-11)12(2)16(4)9-5-8-15-3/h6-7,10,12,15,17H,5,8-9H2,1-4H3. The van der Waals surface area contributed by atoms with Crippen LogP contribution in [0.4, 0.5) is 0 Å². The molecule has 3 nitrogen and oxygen atoms in total. The fraction of sp³-hybridized carbons (Fsp3) is 0.571. The lowest BCUT2D eigenvalue weighted by atomic mass is 10.0. The monoisotopic (exact) mass is 236 g/mol. The molecule has 96 valence electrons. The maximum absolute atomic E-state index is 9.89. The number of rotatable bonds is 6. The molecule has 0 saturated heterocycles. The molecule has 0 aromatic heterocycles. The lowest BCUT2D eigenvalue weighted by molar-refractivity contribution is 0.253. The number of hydrogen-bond donors (Lipinski definition) is 2. The van der Waals surface area contributed by atoms with Gasteiger partial charge in [-0.25, -0.2) is 0 Å². The van der Waals surface area contributed by atoms with E-state index >= 15 is 0 Å². The van der Waals surface area contributed by atoms with Crippen molar-refractivity contribution in [2.24, 2.45) is 0 Å². The highest BCUT2D eigenvalue weighted by molar-refractivity contribution is 5.37. The molecule has 0 saturated carbocycles. The number of phenols is 1. The number of aromatic hydroxyl groups is 1. The number of nitrogens with one attached hydrogen (secondary N) is 1. The van der Waals surface area contributed by atoms with Crippen molar-refractivity contribution in [1.29, 1.82) is 0 Å². The highest BCUT2D eigenvalue weighted by atomic mass is 16.3. The van der Waals surface area contributed by atoms with Gasteiger partial charge in [0.1, 0.15) is 5.75 Å². The first-order valence-corrected chi connectivity index (χ1v) is 6.20. The topological polar surface area (TPSA) is 35.5 Å². The summed E-state index contributed by atoms with van der Waals surface area (Å²) in [5.41, 5.74) is 2.20. The largest absolute Gasteiger partial charge is 0.508 e. The minimum absolute atomic E-state index is 0.242. The first-order valence-electron chi connectivity index (χ1n) is 6.20. The van der Waals surface area contributed by atoms with E-state index in [9.17, 15) is 5.11 Å². The maximum Gasteiger partial charge on any atom is 0.120 e. The van der Waals surface area contributed by atoms with Gasteiger partial charge in [0.15, 0.2) is 0 Å². The smallest absolute Gasteiger partial charge is 0.120 e. The Morgan fingerprint density at radius 2 is 2.12 bits per heavy atom. The van der Waals surface area contributed by atoms with Crippen molar-refractivity contribution >= 4 is 0 Å². The second-order valence-electron chi connectivity index (χ2n) is 4.68. The Labute approximate surface area is 104 Å². The van der Waals surface area contributed by atoms with Gasteiger partial charge < -0.3 is 10.4 Å². The van der Waals surface area contributed by atoms with Crippen molar-refractivity contribution in [2.45, 2.75) is 26.3 Å². The van der Waals surface area contributed by atoms with Crippen molar-refractivity contribution in [3.8, 4) is 5.75 Å². The fourth-order valence-electron chi connectivity index (χ4n) is 1.94. The number of hydrogen-bond acceptors (Lipinski definition) is 3. The van der Waals surface area contributed by atoms with E-state index in [4.69, 9.17) is 0 Å². The van der Waals surface area contributed by atoms with Gasteiger partial charge in [0.05, 0.1) is 0 Å². The molecule has 0 aliphatic heterocycles. The summed E-state index contributed by atoms with van der Waals surface area (Å²) < 4.78 is 0. The zero-order chi connectivity index (χ0) is 12.8. The molecular weight excluding hydrogens is 212 g/mol. The van der Waals surface area contributed by atoms with Crippen LogP contribution in [0.15, 0.2) is 18.2 Å². The molecule has 3 heteroatoms. The van der Waals surface area contributed by atoms with E-state index in [1.165, 1.54) is 5.56 Å². The Morgan fingerprint density at radius 1 is 1.41 bits per heavy atom. The Bertz CT molecular complexity index is 352. The Balaban J connectivity index is 2.67. The highest BCUT2D eigenvalue weighted by Gasteiger charge is 2.14. The average molecular weight is 236 g/mol. The molecule has 0 fully saturated rings. The normalized spacial score (nSPS) is 13.0. The molecular formula is C14H24N2O. The average Bonchev–Trinajstić information content (AvgIpc) is 2.31. The summed E-state index contributed by atoms with van der Waals surface area (Å²) in [6.07, 6.45) is 1.11. The van der Waals surface area contributed by atoms with Crippen LogP contribution in [-0.4, -0.2) is 37.2 Å². The molecule has 0 amide bonds. The van der Waals surface area contributed by atoms with Gasteiger partial charge in [-0.15, -0.1) is 0 Å². The van der Waals surface area contributed by atoms with E-state index in [2.05, 4.69) is 37.2 Å². The molecule has 0 aliphatic rings. The lowest BCUT2D eigenvalue weighted by Gasteiger charge is -2.25. The third kappa shape index (κ3) is 4.02. The molecule has 17 heavy (non-hydrogen) atoms. The quantitative estimate of drug-likeness (QED) is 0.744. The van der Waals surface area contributed by atoms with E-state index in [0.29, 0.717) is 5.75 Å². The summed E-state index contributed by atoms with van der Waals surface area (Å²) in [5.74, 6) is 0.392. The van der Waals surface area contributed by atoms with Gasteiger partial charge in [0.2, 0.25) is 0 Å². The van der Waals surface area contributed by atoms with Crippen molar-refractivity contribution < 1.29 is 5.11 Å². The minimum atomic E-state index is 0.242. The van der Waals surface area contributed by atoms with E-state index in [0.717, 1.165) is 25.1 Å². The van der Waals surface area contributed by atoms with Gasteiger partial charge >= 0.3 is 0 Å². The van der Waals surface area contributed by atoms with Gasteiger partial charge in [-0.1, -0.05) is 17.7 Å². The third-order valence-electron chi connectivity index (χ3n) is 3.23. The van der Waals surface area contributed by atoms with E-state index in [-0.39, 0.29) is 6.04 Å². The summed E-state index contributed by atoms with van der Waals surface area (Å²) in [6, 6.07) is 6.02. The molecule has 1 atom stereocenters. The first-order chi connectivity index (χ1) is 8.06. The zero-order valence-corrected chi connectivity index (χ0v) is 11.3. The molecule has 1 aromatic carbocycles. The van der Waals surface area contributed by atoms with Crippen LogP contribution in [0.3, 0.4) is 0 Å². The lowest BCUT2D eigenvalue weighted by Crippen LogP contribution is -2.26. The molecule has 2 N–H and O–H groups in total. The predicted octanol–water partition coefficient (Wildman–Crippen LogP) is 2.30. The zero-order valence-electron chi connectivity index (χ0n) is 11.3. The van der Waals surface area contributed by atoms with Crippen molar-refractivity contribution in [3.63, 3.8) is 0 Å². The number of nitrogens with zero attached hydrogens (tertiary/aromatic N) is 1. The molecule has 0 spiro atoms. The Kier molecular flexibility index (Phi) is 5.45. The predicted molar refractivity (Wildman–Crippen MR) is 72.4 cm³/mol. The second-order valence-corrected chi connectivity index (χ2v) is 4.68. The van der Waals surface area contributed by atoms with E-state index in [1.54, 1.807) is 6.07 Å². The molecule has 1 aromatic rings. The third-order valence-corrected chi connectivity index (χ3v) is 3.23. The van der Waals surface area contributed by atoms with Crippen LogP contribution in [0.5, 0.6) is 5.75 Å². The van der Waals surface area contributed by atoms with Crippen molar-refractivity contribution in [3.05, 3.63) is 29.3 Å². The maximum atomic E-state index is 9.89. The summed E-state index contributed by atoms with van der Waals surface area (Å²) in [4.78, 5) is 2.27. The Morgan fingerprint density at radius 3 is 2.76 bits per heavy atom. The molecule has 1 rings (SSSR count). The Hall–Kier alpha value is -1.06. The van der Waals surface area contributed by atoms with Gasteiger partial charge in [0.25, 0.3) is 0 Å². The summed E-state index contributed by atoms with van der Waals surface area (Å²) >= 11 is 0. The van der Waals surface area contributed by atoms with Gasteiger partial charge in [0, 0.05) is 11.6 Å². The summed E-state index contributed by atoms with van der Waals surface area (Å²) in [5, 5.41) is 13.0. The van der Waals surface area contributed by atoms with Crippen LogP contribution in [-0.2, 0) is 0 Å². The van der Waals surface area contributed by atoms with Gasteiger partial charge in [-0.2, -0.15) is 0 Å². The molecule has 0 aliphatic carbocycles. The van der Waals surface area contributed by atoms with Crippen molar-refractivity contribution in [1.82, 2.24) is 10.2 Å². The second kappa shape index (κ2) is 6.62. The molecule has 0 bridgehead atoms. The molecule has 1 unspecified atom stereocenters. The van der Waals surface area contributed by atoms with Crippen LogP contribution in [0, 0.1) is 6.92 Å². The summed E-state index contributed by atoms with van der Waals surface area (Å²) in [6.45, 7) is 6.23. The van der Waals surface area contributed by atoms with Crippen LogP contribution in [0.25, 0.3) is 0 Å². The van der Waals surface area contributed by atoms with Crippen LogP contribution < -0.4 is 5.32 Å². The van der Waals surface area contributed by atoms with E-state index in [1.807, 2.05) is 13.1 Å². The fourth-order valence-corrected chi connectivity index (χ4v) is 1.94. The highest BCUT2D eigenvalue weighted by Crippen LogP contribution is 2.28. The number of phenolic OH excluding ortho intramolecular Hbond substituents is 1. The first kappa shape index (κ1) is 14.0. The van der Waals surface area contributed by atoms with Crippen molar-refractivity contribution in [2.75, 3.05) is 27.2 Å². The van der Waals surface area contributed by atoms with Gasteiger partial charge in [-0.3, -0.25) is 4.90 Å². The summed E-state index contributed by atoms with van der Waals surface area (Å²) in [7, 11) is 4.07. The van der Waals surface area contributed by atoms with Crippen LogP contribution in [0.1, 0.15) is 30.5 Å². The minimum Gasteiger partial charge on any atom is -0.508 e. The molecule has 0 heterocycles. The molecule has 0 radical (unpaired) electrons. The van der Waals surface area contributed by atoms with Crippen LogP contribution in [0.2, 0.25) is 0 Å². The number of benzene rings is 1. The number of aryl methyl sites for hydroxylation is 1.